The Morgan fingerprint density at radius 2 is 0.884 bits per heavy atom. The summed E-state index contributed by atoms with van der Waals surface area (Å²) in [5, 5.41) is 28.6. The molecule has 5 rings (SSSR count). The van der Waals surface area contributed by atoms with Crippen LogP contribution in [0, 0.1) is 11.8 Å². The summed E-state index contributed by atoms with van der Waals surface area (Å²) in [7, 11) is 0. The van der Waals surface area contributed by atoms with Gasteiger partial charge in [-0.3, -0.25) is 47.9 Å². The van der Waals surface area contributed by atoms with Crippen molar-refractivity contribution in [2.75, 3.05) is 37.7 Å². The first kappa shape index (κ1) is 70.4. The molecule has 2 aromatic carbocycles. The Labute approximate surface area is 515 Å². The second-order valence-electron chi connectivity index (χ2n) is 23.2. The molecule has 0 aliphatic carbocycles. The summed E-state index contributed by atoms with van der Waals surface area (Å²) in [6, 6.07) is 9.03. The molecule has 476 valence electrons. The Morgan fingerprint density at radius 1 is 0.523 bits per heavy atom. The molecule has 3 aliphatic heterocycles. The highest BCUT2D eigenvalue weighted by Gasteiger charge is 2.45. The number of hydrogen-bond acceptors (Lipinski definition) is 16. The third kappa shape index (κ3) is 23.4. The third-order valence-corrected chi connectivity index (χ3v) is 15.5. The Hall–Kier alpha value is -6.32. The van der Waals surface area contributed by atoms with Gasteiger partial charge in [0.15, 0.2) is 0 Å². The van der Waals surface area contributed by atoms with Crippen molar-refractivity contribution in [2.24, 2.45) is 23.3 Å². The Bertz CT molecular complexity index is 2380. The van der Waals surface area contributed by atoms with Crippen LogP contribution in [-0.2, 0) is 70.3 Å². The molecule has 10 amide bonds. The molecule has 3 heterocycles. The number of fused-ring (bicyclic) bond motifs is 4. The lowest BCUT2D eigenvalue weighted by Gasteiger charge is -2.27. The van der Waals surface area contributed by atoms with Crippen LogP contribution in [-0.4, -0.2) is 170 Å². The van der Waals surface area contributed by atoms with Gasteiger partial charge in [-0.15, -0.1) is 0 Å². The third-order valence-electron chi connectivity index (χ3n) is 15.1. The zero-order chi connectivity index (χ0) is 62.7. The summed E-state index contributed by atoms with van der Waals surface area (Å²) < 4.78 is 12.8. The molecule has 12 atom stereocenters. The number of thiol groups is 2. The SMILES string of the molecule is CC(C)C[C@@H]1NC(=O)[C@H](Cc2ccccc2)NC(=O)[C@@H]2C[C@H](NC(=O)[C@H](CCCCN)NC(=O)CCS)[C@@H](CNC(=O)[C@H](CC(C)C)NC(=O)[C@H](Cc3ccccc3)NC(=O)[C@@H]3C[C@H](NC(=O)[C@H](CCCCN)NC(=O)CCS)[C@@H](CNC1=O)O3)O2. The Kier molecular flexibility index (Phi) is 30.1. The van der Waals surface area contributed by atoms with Gasteiger partial charge in [-0.2, -0.15) is 25.3 Å². The number of rotatable bonds is 26. The van der Waals surface area contributed by atoms with Crippen LogP contribution in [0.4, 0.5) is 0 Å². The molecular weight excluding hydrogens is 1140 g/mol. The van der Waals surface area contributed by atoms with E-state index in [2.05, 4.69) is 78.4 Å². The fraction of sp³-hybridized carbons (Fsp3) is 0.633. The number of benzene rings is 2. The molecule has 0 saturated carbocycles. The Balaban J connectivity index is 1.55. The zero-order valence-electron chi connectivity index (χ0n) is 49.9. The molecule has 14 N–H and O–H groups in total. The van der Waals surface area contributed by atoms with Gasteiger partial charge in [0, 0.05) is 51.6 Å². The quantitative estimate of drug-likeness (QED) is 0.0433. The molecule has 0 aromatic heterocycles. The summed E-state index contributed by atoms with van der Waals surface area (Å²) in [5.74, 6) is -5.86. The van der Waals surface area contributed by atoms with Gasteiger partial charge < -0.3 is 74.1 Å². The first-order valence-electron chi connectivity index (χ1n) is 30.2. The average molecular weight is 1240 g/mol. The average Bonchev–Trinajstić information content (AvgIpc) is 3.19. The van der Waals surface area contributed by atoms with E-state index in [0.717, 1.165) is 0 Å². The molecule has 0 unspecified atom stereocenters. The summed E-state index contributed by atoms with van der Waals surface area (Å²) >= 11 is 8.34. The van der Waals surface area contributed by atoms with E-state index in [1.54, 1.807) is 60.7 Å². The minimum atomic E-state index is -1.30. The number of carbonyl (C=O) groups excluding carboxylic acids is 10. The molecule has 0 spiro atoms. The van der Waals surface area contributed by atoms with E-state index in [1.165, 1.54) is 0 Å². The molecule has 24 nitrogen and oxygen atoms in total. The van der Waals surface area contributed by atoms with Crippen molar-refractivity contribution in [1.29, 1.82) is 0 Å². The first-order chi connectivity index (χ1) is 41.2. The number of unbranched alkanes of at least 4 members (excludes halogenated alkanes) is 2. The fourth-order valence-electron chi connectivity index (χ4n) is 10.6. The standard InChI is InChI=1S/C60H92N12O12S2/c1-35(2)27-43-53(75)63-33-49-41(67-55(77)39(19-11-13-23-61)65-51(73)21-25-85)31-48(83-49)60(82)72-46(30-38-17-9-6-10-18-38)58(80)70-44(28-36(3)4)54(76)64-34-50-42(68-56(78)40(20-12-14-24-62)66-52(74)22-26-86)32-47(84-50)59(81)71-45(57(79)69-43)29-37-15-7-5-8-16-37/h5-10,15-18,35-36,39-50,85-86H,11-14,19-34,61-62H2,1-4H3,(H,63,75)(H,64,76)(H,65,73)(H,66,74)(H,67,77)(H,68,78)(H,69,79)(H,70,80)(H,71,81)(H,72,82)/t39-,40-,41-,42-,43-,44-,45-,46-,47-,48-,49+,50+/m0/s1. The number of ether oxygens (including phenoxy) is 2. The highest BCUT2D eigenvalue weighted by atomic mass is 32.1. The van der Waals surface area contributed by atoms with Gasteiger partial charge in [0.25, 0.3) is 0 Å². The summed E-state index contributed by atoms with van der Waals surface area (Å²) in [6.07, 6.45) is -1.96. The van der Waals surface area contributed by atoms with E-state index in [4.69, 9.17) is 20.9 Å². The van der Waals surface area contributed by atoms with Crippen molar-refractivity contribution >= 4 is 84.3 Å². The molecular formula is C60H92N12O12S2. The van der Waals surface area contributed by atoms with Crippen molar-refractivity contribution in [3.05, 3.63) is 71.8 Å². The molecule has 26 heteroatoms. The maximum absolute atomic E-state index is 14.7. The largest absolute Gasteiger partial charge is 0.361 e. The van der Waals surface area contributed by atoms with Crippen molar-refractivity contribution in [3.63, 3.8) is 0 Å². The van der Waals surface area contributed by atoms with Gasteiger partial charge >= 0.3 is 0 Å². The van der Waals surface area contributed by atoms with Gasteiger partial charge in [0.2, 0.25) is 59.1 Å². The minimum Gasteiger partial charge on any atom is -0.361 e. The molecule has 2 aromatic rings. The minimum absolute atomic E-state index is 0.0184. The summed E-state index contributed by atoms with van der Waals surface area (Å²) in [6.45, 7) is 7.62. The molecule has 4 bridgehead atoms. The van der Waals surface area contributed by atoms with Gasteiger partial charge in [-0.25, -0.2) is 0 Å². The lowest BCUT2D eigenvalue weighted by molar-refractivity contribution is -0.138. The van der Waals surface area contributed by atoms with Crippen LogP contribution in [0.1, 0.15) is 116 Å². The second kappa shape index (κ2) is 36.7. The van der Waals surface area contributed by atoms with Gasteiger partial charge in [0.1, 0.15) is 48.5 Å². The lowest BCUT2D eigenvalue weighted by atomic mass is 10.00. The van der Waals surface area contributed by atoms with E-state index in [-0.39, 0.29) is 101 Å². The van der Waals surface area contributed by atoms with Crippen molar-refractivity contribution < 1.29 is 57.4 Å². The molecule has 3 fully saturated rings. The van der Waals surface area contributed by atoms with Crippen LogP contribution >= 0.6 is 25.3 Å². The number of nitrogens with two attached hydrogens (primary N) is 2. The van der Waals surface area contributed by atoms with E-state index in [0.29, 0.717) is 49.9 Å². The van der Waals surface area contributed by atoms with Gasteiger partial charge in [-0.05, 0) is 98.9 Å². The van der Waals surface area contributed by atoms with Crippen molar-refractivity contribution in [1.82, 2.24) is 53.2 Å². The fourth-order valence-corrected chi connectivity index (χ4v) is 11.0. The van der Waals surface area contributed by atoms with Gasteiger partial charge in [-0.1, -0.05) is 88.4 Å². The van der Waals surface area contributed by atoms with Gasteiger partial charge in [0.05, 0.1) is 24.3 Å². The first-order valence-corrected chi connectivity index (χ1v) is 31.5. The zero-order valence-corrected chi connectivity index (χ0v) is 51.7. The van der Waals surface area contributed by atoms with Crippen LogP contribution < -0.4 is 64.6 Å². The normalized spacial score (nSPS) is 25.0. The van der Waals surface area contributed by atoms with E-state index in [9.17, 15) is 47.9 Å². The number of nitrogens with one attached hydrogen (secondary N) is 10. The second-order valence-corrected chi connectivity index (χ2v) is 24.1. The van der Waals surface area contributed by atoms with Crippen molar-refractivity contribution in [2.45, 2.75) is 190 Å². The topological polar surface area (TPSA) is 361 Å². The summed E-state index contributed by atoms with van der Waals surface area (Å²) in [5.41, 5.74) is 12.9. The smallest absolute Gasteiger partial charge is 0.249 e. The Morgan fingerprint density at radius 3 is 1.22 bits per heavy atom. The maximum Gasteiger partial charge on any atom is 0.249 e. The van der Waals surface area contributed by atoms with Crippen molar-refractivity contribution in [3.8, 4) is 0 Å². The monoisotopic (exact) mass is 1240 g/mol. The number of carbonyl (C=O) groups is 10. The molecule has 3 saturated heterocycles. The van der Waals surface area contributed by atoms with E-state index in [1.807, 2.05) is 27.7 Å². The molecule has 3 aliphatic rings. The predicted octanol–water partition coefficient (Wildman–Crippen LogP) is -0.0988. The van der Waals surface area contributed by atoms with Crippen LogP contribution in [0.25, 0.3) is 0 Å². The van der Waals surface area contributed by atoms with E-state index >= 15 is 0 Å². The number of hydrogen-bond donors (Lipinski definition) is 14. The predicted molar refractivity (Wildman–Crippen MR) is 330 cm³/mol. The van der Waals surface area contributed by atoms with Crippen LogP contribution in [0.15, 0.2) is 60.7 Å². The van der Waals surface area contributed by atoms with Crippen LogP contribution in [0.3, 0.4) is 0 Å². The number of amides is 10. The highest BCUT2D eigenvalue weighted by Crippen LogP contribution is 2.24. The molecule has 0 radical (unpaired) electrons. The van der Waals surface area contributed by atoms with Crippen LogP contribution in [0.2, 0.25) is 0 Å². The van der Waals surface area contributed by atoms with E-state index < -0.39 is 132 Å². The van der Waals surface area contributed by atoms with Crippen LogP contribution in [0.5, 0.6) is 0 Å². The highest BCUT2D eigenvalue weighted by molar-refractivity contribution is 7.80. The maximum atomic E-state index is 14.7. The molecule has 86 heavy (non-hydrogen) atoms. The lowest BCUT2D eigenvalue weighted by Crippen LogP contribution is -2.57. The summed E-state index contributed by atoms with van der Waals surface area (Å²) in [4.78, 5) is 142.